The van der Waals surface area contributed by atoms with Crippen LogP contribution in [0.25, 0.3) is 0 Å². The average molecular weight is 275 g/mol. The number of aryl methyl sites for hydroxylation is 2. The third-order valence-corrected chi connectivity index (χ3v) is 3.70. The van der Waals surface area contributed by atoms with Crippen LogP contribution in [0.4, 0.5) is 0 Å². The molecular weight excluding hydrogens is 258 g/mol. The van der Waals surface area contributed by atoms with Gasteiger partial charge in [0.15, 0.2) is 0 Å². The second-order valence-electron chi connectivity index (χ2n) is 4.37. The predicted octanol–water partition coefficient (Wildman–Crippen LogP) is 2.14. The molecule has 1 amide bonds. The summed E-state index contributed by atoms with van der Waals surface area (Å²) in [6.07, 6.45) is 5.67. The molecule has 19 heavy (non-hydrogen) atoms. The van der Waals surface area contributed by atoms with E-state index in [1.54, 1.807) is 23.7 Å². The molecular formula is C14H17N3OS. The second-order valence-corrected chi connectivity index (χ2v) is 5.31. The van der Waals surface area contributed by atoms with Crippen molar-refractivity contribution in [3.63, 3.8) is 0 Å². The maximum Gasteiger partial charge on any atom is 0.224 e. The lowest BCUT2D eigenvalue weighted by Gasteiger charge is -2.04. The van der Waals surface area contributed by atoms with E-state index in [1.807, 2.05) is 19.1 Å². The molecule has 0 saturated heterocycles. The Morgan fingerprint density at radius 1 is 1.37 bits per heavy atom. The van der Waals surface area contributed by atoms with E-state index in [4.69, 9.17) is 0 Å². The lowest BCUT2D eigenvalue weighted by atomic mass is 10.2. The van der Waals surface area contributed by atoms with Crippen LogP contribution in [0.2, 0.25) is 0 Å². The van der Waals surface area contributed by atoms with Crippen molar-refractivity contribution >= 4 is 17.2 Å². The van der Waals surface area contributed by atoms with Crippen LogP contribution in [0, 0.1) is 6.92 Å². The lowest BCUT2D eigenvalue weighted by molar-refractivity contribution is -0.120. The van der Waals surface area contributed by atoms with Crippen molar-refractivity contribution in [3.05, 3.63) is 46.2 Å². The molecule has 0 saturated carbocycles. The van der Waals surface area contributed by atoms with Crippen molar-refractivity contribution < 1.29 is 4.79 Å². The number of pyridine rings is 1. The van der Waals surface area contributed by atoms with E-state index in [0.717, 1.165) is 29.1 Å². The van der Waals surface area contributed by atoms with Crippen molar-refractivity contribution in [1.29, 1.82) is 0 Å². The highest BCUT2D eigenvalue weighted by Gasteiger charge is 2.03. The van der Waals surface area contributed by atoms with Gasteiger partial charge in [-0.3, -0.25) is 9.78 Å². The maximum atomic E-state index is 11.7. The molecule has 2 rings (SSSR count). The van der Waals surface area contributed by atoms with E-state index in [2.05, 4.69) is 20.7 Å². The number of amides is 1. The molecule has 0 aliphatic heterocycles. The summed E-state index contributed by atoms with van der Waals surface area (Å²) in [6, 6.07) is 3.72. The van der Waals surface area contributed by atoms with Crippen LogP contribution in [0.5, 0.6) is 0 Å². The first-order valence-corrected chi connectivity index (χ1v) is 7.18. The van der Waals surface area contributed by atoms with Gasteiger partial charge in [0, 0.05) is 36.4 Å². The molecule has 1 N–H and O–H groups in total. The van der Waals surface area contributed by atoms with Crippen molar-refractivity contribution in [2.24, 2.45) is 0 Å². The SMILES string of the molecule is Cc1csc(CCCNC(=O)Cc2ccncc2)n1. The molecule has 0 unspecified atom stereocenters. The van der Waals surface area contributed by atoms with Crippen molar-refractivity contribution in [2.75, 3.05) is 6.54 Å². The van der Waals surface area contributed by atoms with Crippen molar-refractivity contribution in [2.45, 2.75) is 26.2 Å². The molecule has 0 atom stereocenters. The zero-order chi connectivity index (χ0) is 13.5. The molecule has 0 fully saturated rings. The number of nitrogens with one attached hydrogen (secondary N) is 1. The van der Waals surface area contributed by atoms with Gasteiger partial charge in [0.1, 0.15) is 0 Å². The second kappa shape index (κ2) is 6.99. The third-order valence-electron chi connectivity index (χ3n) is 2.67. The zero-order valence-electron chi connectivity index (χ0n) is 10.9. The Morgan fingerprint density at radius 3 is 2.84 bits per heavy atom. The number of carbonyl (C=O) groups excluding carboxylic acids is 1. The van der Waals surface area contributed by atoms with Gasteiger partial charge in [-0.15, -0.1) is 11.3 Å². The summed E-state index contributed by atoms with van der Waals surface area (Å²) in [4.78, 5) is 20.0. The summed E-state index contributed by atoms with van der Waals surface area (Å²) in [5.74, 6) is 0.0570. The molecule has 0 aliphatic rings. The Balaban J connectivity index is 1.64. The first kappa shape index (κ1) is 13.7. The molecule has 2 aromatic heterocycles. The quantitative estimate of drug-likeness (QED) is 0.822. The molecule has 0 radical (unpaired) electrons. The average Bonchev–Trinajstić information content (AvgIpc) is 2.82. The number of hydrogen-bond donors (Lipinski definition) is 1. The highest BCUT2D eigenvalue weighted by atomic mass is 32.1. The maximum absolute atomic E-state index is 11.7. The summed E-state index contributed by atoms with van der Waals surface area (Å²) >= 11 is 1.68. The third kappa shape index (κ3) is 4.79. The fourth-order valence-corrected chi connectivity index (χ4v) is 2.55. The largest absolute Gasteiger partial charge is 0.356 e. The van der Waals surface area contributed by atoms with E-state index < -0.39 is 0 Å². The molecule has 0 bridgehead atoms. The Kier molecular flexibility index (Phi) is 5.03. The minimum atomic E-state index is 0.0570. The predicted molar refractivity (Wildman–Crippen MR) is 76.1 cm³/mol. The first-order chi connectivity index (χ1) is 9.24. The number of thiazole rings is 1. The normalized spacial score (nSPS) is 10.4. The number of nitrogens with zero attached hydrogens (tertiary/aromatic N) is 2. The first-order valence-electron chi connectivity index (χ1n) is 6.30. The smallest absolute Gasteiger partial charge is 0.224 e. The highest BCUT2D eigenvalue weighted by Crippen LogP contribution is 2.10. The van der Waals surface area contributed by atoms with Crippen LogP contribution in [-0.4, -0.2) is 22.4 Å². The number of carbonyl (C=O) groups is 1. The van der Waals surface area contributed by atoms with E-state index >= 15 is 0 Å². The molecule has 0 aliphatic carbocycles. The molecule has 0 aromatic carbocycles. The summed E-state index contributed by atoms with van der Waals surface area (Å²) in [7, 11) is 0. The van der Waals surface area contributed by atoms with E-state index in [-0.39, 0.29) is 5.91 Å². The molecule has 5 heteroatoms. The van der Waals surface area contributed by atoms with Crippen LogP contribution in [0.1, 0.15) is 22.7 Å². The number of aromatic nitrogens is 2. The van der Waals surface area contributed by atoms with Gasteiger partial charge < -0.3 is 5.32 Å². The monoisotopic (exact) mass is 275 g/mol. The van der Waals surface area contributed by atoms with Crippen LogP contribution < -0.4 is 5.32 Å². The molecule has 2 heterocycles. The van der Waals surface area contributed by atoms with Gasteiger partial charge in [-0.1, -0.05) is 0 Å². The Morgan fingerprint density at radius 2 is 2.16 bits per heavy atom. The van der Waals surface area contributed by atoms with Gasteiger partial charge >= 0.3 is 0 Å². The van der Waals surface area contributed by atoms with Crippen LogP contribution in [0.3, 0.4) is 0 Å². The van der Waals surface area contributed by atoms with Crippen LogP contribution >= 0.6 is 11.3 Å². The minimum Gasteiger partial charge on any atom is -0.356 e. The van der Waals surface area contributed by atoms with E-state index in [0.29, 0.717) is 13.0 Å². The topological polar surface area (TPSA) is 54.9 Å². The fourth-order valence-electron chi connectivity index (χ4n) is 1.73. The summed E-state index contributed by atoms with van der Waals surface area (Å²) in [5.41, 5.74) is 2.06. The minimum absolute atomic E-state index is 0.0570. The molecule has 100 valence electrons. The fraction of sp³-hybridized carbons (Fsp3) is 0.357. The van der Waals surface area contributed by atoms with Gasteiger partial charge in [0.2, 0.25) is 5.91 Å². The van der Waals surface area contributed by atoms with Gasteiger partial charge in [0.25, 0.3) is 0 Å². The van der Waals surface area contributed by atoms with Crippen LogP contribution in [-0.2, 0) is 17.6 Å². The van der Waals surface area contributed by atoms with Gasteiger partial charge in [-0.2, -0.15) is 0 Å². The molecule has 2 aromatic rings. The Bertz CT molecular complexity index is 524. The lowest BCUT2D eigenvalue weighted by Crippen LogP contribution is -2.26. The summed E-state index contributed by atoms with van der Waals surface area (Å²) < 4.78 is 0. The molecule has 4 nitrogen and oxygen atoms in total. The van der Waals surface area contributed by atoms with Crippen LogP contribution in [0.15, 0.2) is 29.9 Å². The number of hydrogen-bond acceptors (Lipinski definition) is 4. The molecule has 0 spiro atoms. The van der Waals surface area contributed by atoms with Gasteiger partial charge in [0.05, 0.1) is 11.4 Å². The van der Waals surface area contributed by atoms with E-state index in [1.165, 1.54) is 0 Å². The summed E-state index contributed by atoms with van der Waals surface area (Å²) in [5, 5.41) is 6.12. The highest BCUT2D eigenvalue weighted by molar-refractivity contribution is 7.09. The Hall–Kier alpha value is -1.75. The van der Waals surface area contributed by atoms with Crippen molar-refractivity contribution in [1.82, 2.24) is 15.3 Å². The van der Waals surface area contributed by atoms with E-state index in [9.17, 15) is 4.79 Å². The zero-order valence-corrected chi connectivity index (χ0v) is 11.7. The van der Waals surface area contributed by atoms with Crippen molar-refractivity contribution in [3.8, 4) is 0 Å². The van der Waals surface area contributed by atoms with Gasteiger partial charge in [-0.25, -0.2) is 4.98 Å². The van der Waals surface area contributed by atoms with Gasteiger partial charge in [-0.05, 0) is 31.0 Å². The number of rotatable bonds is 6. The standard InChI is InChI=1S/C14H17N3OS/c1-11-10-19-14(17-11)3-2-6-16-13(18)9-12-4-7-15-8-5-12/h4-5,7-8,10H,2-3,6,9H2,1H3,(H,16,18). The Labute approximate surface area is 116 Å². The summed E-state index contributed by atoms with van der Waals surface area (Å²) in [6.45, 7) is 2.69.